The maximum Gasteiger partial charge on any atom is 0.181 e. The predicted octanol–water partition coefficient (Wildman–Crippen LogP) is 3.67. The van der Waals surface area contributed by atoms with Gasteiger partial charge in [0.05, 0.1) is 18.2 Å². The summed E-state index contributed by atoms with van der Waals surface area (Å²) in [5.41, 5.74) is 2.65. The van der Waals surface area contributed by atoms with Crippen molar-refractivity contribution in [1.29, 1.82) is 0 Å². The SMILES string of the molecule is COc1cc(C(=O)[C@@H]2C(=O)c3cc(-c4nnn[nH]4)ccc3OC23CCNCC3)cc2c1c(C)cn2C1CC1. The van der Waals surface area contributed by atoms with Crippen LogP contribution in [0.1, 0.15) is 58.0 Å². The topological polar surface area (TPSA) is 124 Å². The number of methoxy groups -OCH3 is 1. The zero-order chi connectivity index (χ0) is 26.0. The summed E-state index contributed by atoms with van der Waals surface area (Å²) in [5, 5.41) is 18.3. The highest BCUT2D eigenvalue weighted by Crippen LogP contribution is 2.46. The van der Waals surface area contributed by atoms with E-state index in [9.17, 15) is 9.59 Å². The van der Waals surface area contributed by atoms with Gasteiger partial charge >= 0.3 is 0 Å². The number of aryl methyl sites for hydroxylation is 1. The van der Waals surface area contributed by atoms with Crippen molar-refractivity contribution >= 4 is 22.5 Å². The van der Waals surface area contributed by atoms with Crippen LogP contribution in [0, 0.1) is 12.8 Å². The van der Waals surface area contributed by atoms with Crippen LogP contribution in [0.2, 0.25) is 0 Å². The Kier molecular flexibility index (Phi) is 5.16. The van der Waals surface area contributed by atoms with Crippen LogP contribution in [0.25, 0.3) is 22.3 Å². The van der Waals surface area contributed by atoms with Gasteiger partial charge in [-0.05, 0) is 79.2 Å². The van der Waals surface area contributed by atoms with Gasteiger partial charge in [-0.15, -0.1) is 5.10 Å². The van der Waals surface area contributed by atoms with Gasteiger partial charge in [0.15, 0.2) is 17.4 Å². The molecule has 0 unspecified atom stereocenters. The Morgan fingerprint density at radius 2 is 2.00 bits per heavy atom. The maximum absolute atomic E-state index is 14.4. The van der Waals surface area contributed by atoms with Crippen LogP contribution in [0.15, 0.2) is 36.5 Å². The number of benzene rings is 2. The Labute approximate surface area is 218 Å². The van der Waals surface area contributed by atoms with E-state index in [4.69, 9.17) is 9.47 Å². The lowest BCUT2D eigenvalue weighted by atomic mass is 9.70. The molecule has 0 amide bonds. The number of ether oxygens (including phenoxy) is 2. The van der Waals surface area contributed by atoms with Crippen LogP contribution in [0.5, 0.6) is 11.5 Å². The first-order chi connectivity index (χ1) is 18.5. The fourth-order valence-electron chi connectivity index (χ4n) is 6.18. The number of H-pyrrole nitrogens is 1. The van der Waals surface area contributed by atoms with Crippen molar-refractivity contribution in [3.05, 3.63) is 53.2 Å². The lowest BCUT2D eigenvalue weighted by Crippen LogP contribution is -2.58. The van der Waals surface area contributed by atoms with E-state index in [1.165, 1.54) is 0 Å². The first-order valence-corrected chi connectivity index (χ1v) is 13.0. The minimum absolute atomic E-state index is 0.236. The minimum Gasteiger partial charge on any atom is -0.496 e. The van der Waals surface area contributed by atoms with E-state index in [1.807, 2.05) is 12.1 Å². The second-order valence-corrected chi connectivity index (χ2v) is 10.6. The molecule has 2 aromatic heterocycles. The van der Waals surface area contributed by atoms with Gasteiger partial charge in [-0.3, -0.25) is 9.59 Å². The number of piperidine rings is 1. The summed E-state index contributed by atoms with van der Waals surface area (Å²) in [6, 6.07) is 9.45. The molecule has 2 N–H and O–H groups in total. The minimum atomic E-state index is -0.979. The largest absolute Gasteiger partial charge is 0.496 e. The van der Waals surface area contributed by atoms with Gasteiger partial charge in [0, 0.05) is 41.6 Å². The monoisotopic (exact) mass is 512 g/mol. The molecule has 3 aliphatic rings. The molecular formula is C28H28N6O4. The molecule has 38 heavy (non-hydrogen) atoms. The molecule has 10 nitrogen and oxygen atoms in total. The van der Waals surface area contributed by atoms with Crippen LogP contribution in [-0.2, 0) is 0 Å². The van der Waals surface area contributed by atoms with Crippen molar-refractivity contribution in [1.82, 2.24) is 30.5 Å². The number of nitrogens with zero attached hydrogens (tertiary/aromatic N) is 4. The number of aromatic amines is 1. The number of ketones is 2. The van der Waals surface area contributed by atoms with Gasteiger partial charge in [0.1, 0.15) is 23.0 Å². The normalized spacial score (nSPS) is 20.4. The zero-order valence-electron chi connectivity index (χ0n) is 21.3. The predicted molar refractivity (Wildman–Crippen MR) is 139 cm³/mol. The summed E-state index contributed by atoms with van der Waals surface area (Å²) in [6.45, 7) is 3.40. The van der Waals surface area contributed by atoms with E-state index < -0.39 is 11.5 Å². The Bertz CT molecular complexity index is 1580. The maximum atomic E-state index is 14.4. The summed E-state index contributed by atoms with van der Waals surface area (Å²) in [4.78, 5) is 28.6. The number of nitrogens with one attached hydrogen (secondary N) is 2. The molecule has 2 fully saturated rings. The van der Waals surface area contributed by atoms with E-state index in [0.717, 1.165) is 29.3 Å². The van der Waals surface area contributed by atoms with Crippen LogP contribution in [0.4, 0.5) is 0 Å². The average molecular weight is 513 g/mol. The molecule has 1 aliphatic carbocycles. The first-order valence-electron chi connectivity index (χ1n) is 13.0. The summed E-state index contributed by atoms with van der Waals surface area (Å²) < 4.78 is 14.6. The van der Waals surface area contributed by atoms with E-state index in [2.05, 4.69) is 43.6 Å². The number of hydrogen-bond donors (Lipinski definition) is 2. The molecule has 0 bridgehead atoms. The van der Waals surface area contributed by atoms with Gasteiger partial charge in [0.2, 0.25) is 0 Å². The van der Waals surface area contributed by atoms with Gasteiger partial charge in [0.25, 0.3) is 0 Å². The van der Waals surface area contributed by atoms with E-state index in [-0.39, 0.29) is 11.6 Å². The summed E-state index contributed by atoms with van der Waals surface area (Å²) in [5.74, 6) is 0.121. The highest BCUT2D eigenvalue weighted by molar-refractivity contribution is 6.19. The Morgan fingerprint density at radius 1 is 1.18 bits per heavy atom. The number of carbonyl (C=O) groups is 2. The van der Waals surface area contributed by atoms with Crippen molar-refractivity contribution in [2.45, 2.75) is 44.2 Å². The average Bonchev–Trinajstić information content (AvgIpc) is 3.51. The molecule has 2 aromatic carbocycles. The van der Waals surface area contributed by atoms with Crippen LogP contribution >= 0.6 is 0 Å². The molecule has 2 aliphatic heterocycles. The number of rotatable bonds is 5. The van der Waals surface area contributed by atoms with E-state index >= 15 is 0 Å². The molecule has 1 saturated heterocycles. The third-order valence-electron chi connectivity index (χ3n) is 8.21. The second-order valence-electron chi connectivity index (χ2n) is 10.6. The van der Waals surface area contributed by atoms with Crippen LogP contribution < -0.4 is 14.8 Å². The fraction of sp³-hybridized carbons (Fsp3) is 0.393. The molecule has 4 aromatic rings. The lowest BCUT2D eigenvalue weighted by Gasteiger charge is -2.45. The van der Waals surface area contributed by atoms with E-state index in [1.54, 1.807) is 25.3 Å². The Hall–Kier alpha value is -4.05. The molecule has 1 atom stereocenters. The van der Waals surface area contributed by atoms with Crippen molar-refractivity contribution in [3.8, 4) is 22.9 Å². The molecule has 194 valence electrons. The zero-order valence-corrected chi connectivity index (χ0v) is 21.3. The van der Waals surface area contributed by atoms with Gasteiger partial charge in [-0.1, -0.05) is 0 Å². The number of hydrogen-bond acceptors (Lipinski definition) is 8. The Morgan fingerprint density at radius 3 is 2.71 bits per heavy atom. The van der Waals surface area contributed by atoms with Crippen molar-refractivity contribution in [2.24, 2.45) is 5.92 Å². The van der Waals surface area contributed by atoms with Crippen molar-refractivity contribution < 1.29 is 19.1 Å². The number of fused-ring (bicyclic) bond motifs is 2. The quantitative estimate of drug-likeness (QED) is 0.307. The van der Waals surface area contributed by atoms with Crippen LogP contribution in [0.3, 0.4) is 0 Å². The van der Waals surface area contributed by atoms with Crippen LogP contribution in [-0.4, -0.2) is 62.6 Å². The second kappa shape index (κ2) is 8.49. The smallest absolute Gasteiger partial charge is 0.181 e. The van der Waals surface area contributed by atoms with E-state index in [0.29, 0.717) is 66.0 Å². The fourth-order valence-corrected chi connectivity index (χ4v) is 6.18. The van der Waals surface area contributed by atoms with Crippen molar-refractivity contribution in [3.63, 3.8) is 0 Å². The number of carbonyl (C=O) groups excluding carboxylic acids is 2. The summed E-state index contributed by atoms with van der Waals surface area (Å²) in [6.07, 6.45) is 5.49. The highest BCUT2D eigenvalue weighted by atomic mass is 16.5. The third-order valence-corrected chi connectivity index (χ3v) is 8.21. The van der Waals surface area contributed by atoms with Gasteiger partial charge in [-0.2, -0.15) is 0 Å². The summed E-state index contributed by atoms with van der Waals surface area (Å²) >= 11 is 0. The first kappa shape index (κ1) is 23.1. The van der Waals surface area contributed by atoms with Gasteiger partial charge in [-0.25, -0.2) is 5.10 Å². The molecule has 4 heterocycles. The number of aromatic nitrogens is 5. The lowest BCUT2D eigenvalue weighted by molar-refractivity contribution is -0.0138. The molecule has 10 heteroatoms. The van der Waals surface area contributed by atoms with Gasteiger partial charge < -0.3 is 19.4 Å². The number of tetrazole rings is 1. The summed E-state index contributed by atoms with van der Waals surface area (Å²) in [7, 11) is 1.62. The number of Topliss-reactive ketones (excluding diaryl/α,β-unsaturated/α-hetero) is 2. The third kappa shape index (κ3) is 3.47. The molecule has 0 radical (unpaired) electrons. The standard InChI is InChI=1S/C28H28N6O4/c1-15-14-34(18-4-5-18)20-12-17(13-22(37-2)23(15)20)25(35)24-26(36)19-11-16(27-30-32-33-31-27)3-6-21(19)38-28(24)7-9-29-10-8-28/h3,6,11-14,18,24,29H,4-5,7-10H2,1-2H3,(H,30,31,32,33)/t24-/m1/s1. The van der Waals surface area contributed by atoms with Crippen molar-refractivity contribution in [2.75, 3.05) is 20.2 Å². The molecule has 1 saturated carbocycles. The highest BCUT2D eigenvalue weighted by Gasteiger charge is 2.54. The molecular weight excluding hydrogens is 484 g/mol. The Balaban J connectivity index is 1.36. The molecule has 1 spiro atoms. The molecule has 7 rings (SSSR count).